The SMILES string of the molecule is CC(Sc1nnc(Cc2cccs2)n1C)C(=O)/C=C1\N(C)c2ccccc2C1(C)C. The number of nitrogens with zero attached hydrogens (tertiary/aromatic N) is 4. The summed E-state index contributed by atoms with van der Waals surface area (Å²) >= 11 is 3.17. The van der Waals surface area contributed by atoms with Crippen LogP contribution < -0.4 is 4.90 Å². The van der Waals surface area contributed by atoms with Crippen LogP contribution >= 0.6 is 23.1 Å². The van der Waals surface area contributed by atoms with Crippen LogP contribution in [0.4, 0.5) is 5.69 Å². The van der Waals surface area contributed by atoms with Gasteiger partial charge in [-0.15, -0.1) is 21.5 Å². The number of thioether (sulfide) groups is 1. The van der Waals surface area contributed by atoms with Crippen LogP contribution in [0.5, 0.6) is 0 Å². The van der Waals surface area contributed by atoms with Gasteiger partial charge in [-0.05, 0) is 30.0 Å². The minimum absolute atomic E-state index is 0.0885. The molecule has 5 nitrogen and oxygen atoms in total. The topological polar surface area (TPSA) is 51.0 Å². The molecule has 1 unspecified atom stereocenters. The second-order valence-electron chi connectivity index (χ2n) is 8.11. The van der Waals surface area contributed by atoms with Gasteiger partial charge in [-0.3, -0.25) is 4.79 Å². The van der Waals surface area contributed by atoms with Crippen molar-refractivity contribution in [3.05, 3.63) is 69.8 Å². The van der Waals surface area contributed by atoms with Crippen LogP contribution in [0.15, 0.2) is 58.7 Å². The molecule has 1 atom stereocenters. The average molecular weight is 439 g/mol. The molecule has 0 radical (unpaired) electrons. The molecule has 2 aromatic heterocycles. The normalized spacial score (nSPS) is 17.4. The van der Waals surface area contributed by atoms with Crippen LogP contribution in [0.3, 0.4) is 0 Å². The fourth-order valence-electron chi connectivity index (χ4n) is 3.90. The Labute approximate surface area is 185 Å². The highest BCUT2D eigenvalue weighted by Gasteiger charge is 2.38. The number of ketones is 1. The molecule has 0 spiro atoms. The summed E-state index contributed by atoms with van der Waals surface area (Å²) in [7, 11) is 4.00. The van der Waals surface area contributed by atoms with Gasteiger partial charge in [0, 0.05) is 48.3 Å². The highest BCUT2D eigenvalue weighted by atomic mass is 32.2. The van der Waals surface area contributed by atoms with Crippen LogP contribution in [0.1, 0.15) is 37.0 Å². The first kappa shape index (κ1) is 20.9. The molecular weight excluding hydrogens is 412 g/mol. The Bertz CT molecular complexity index is 1100. The van der Waals surface area contributed by atoms with E-state index in [1.54, 1.807) is 17.4 Å². The van der Waals surface area contributed by atoms with Gasteiger partial charge in [0.15, 0.2) is 10.9 Å². The number of aromatic nitrogens is 3. The number of thiophene rings is 1. The van der Waals surface area contributed by atoms with Gasteiger partial charge in [0.05, 0.1) is 5.25 Å². The van der Waals surface area contributed by atoms with Gasteiger partial charge in [0.25, 0.3) is 0 Å². The van der Waals surface area contributed by atoms with E-state index in [9.17, 15) is 4.79 Å². The number of hydrogen-bond acceptors (Lipinski definition) is 6. The lowest BCUT2D eigenvalue weighted by atomic mass is 9.83. The minimum Gasteiger partial charge on any atom is -0.347 e. The zero-order valence-electron chi connectivity index (χ0n) is 17.9. The third-order valence-electron chi connectivity index (χ3n) is 5.74. The van der Waals surface area contributed by atoms with Crippen LogP contribution in [-0.4, -0.2) is 32.8 Å². The van der Waals surface area contributed by atoms with Crippen LogP contribution in [0.25, 0.3) is 0 Å². The van der Waals surface area contributed by atoms with Gasteiger partial charge < -0.3 is 9.47 Å². The van der Waals surface area contributed by atoms with E-state index in [1.165, 1.54) is 22.2 Å². The number of likely N-dealkylation sites (N-methyl/N-ethyl adjacent to an activating group) is 1. The minimum atomic E-state index is -0.247. The number of anilines is 1. The molecule has 0 fully saturated rings. The molecule has 7 heteroatoms. The third-order valence-corrected chi connectivity index (χ3v) is 7.77. The standard InChI is InChI=1S/C23H26N4OS2/c1-15(30-22-25-24-21(27(22)5)13-16-9-8-12-29-16)19(28)14-20-23(2,3)17-10-6-7-11-18(17)26(20)4/h6-12,14-15H,13H2,1-5H3/b20-14-. The van der Waals surface area contributed by atoms with E-state index in [0.717, 1.165) is 28.8 Å². The molecule has 1 aliphatic heterocycles. The average Bonchev–Trinajstić information content (AvgIpc) is 3.40. The Morgan fingerprint density at radius 2 is 1.97 bits per heavy atom. The van der Waals surface area contributed by atoms with E-state index in [0.29, 0.717) is 0 Å². The molecule has 0 bridgehead atoms. The number of carbonyl (C=O) groups is 1. The molecule has 3 heterocycles. The zero-order valence-corrected chi connectivity index (χ0v) is 19.5. The number of para-hydroxylation sites is 1. The second-order valence-corrected chi connectivity index (χ2v) is 10.4. The lowest BCUT2D eigenvalue weighted by Crippen LogP contribution is -2.25. The molecule has 1 aromatic carbocycles. The number of rotatable bonds is 6. The number of benzene rings is 1. The first-order valence-corrected chi connectivity index (χ1v) is 11.7. The summed E-state index contributed by atoms with van der Waals surface area (Å²) in [5, 5.41) is 11.2. The van der Waals surface area contributed by atoms with Crippen molar-refractivity contribution in [1.29, 1.82) is 0 Å². The number of hydrogen-bond donors (Lipinski definition) is 0. The van der Waals surface area contributed by atoms with Crippen LogP contribution in [0.2, 0.25) is 0 Å². The quantitative estimate of drug-likeness (QED) is 0.408. The highest BCUT2D eigenvalue weighted by Crippen LogP contribution is 2.46. The summed E-state index contributed by atoms with van der Waals surface area (Å²) < 4.78 is 1.99. The fraction of sp³-hybridized carbons (Fsp3) is 0.348. The van der Waals surface area contributed by atoms with Gasteiger partial charge in [0.1, 0.15) is 5.82 Å². The zero-order chi connectivity index (χ0) is 21.5. The van der Waals surface area contributed by atoms with E-state index in [1.807, 2.05) is 37.7 Å². The van der Waals surface area contributed by atoms with E-state index >= 15 is 0 Å². The summed E-state index contributed by atoms with van der Waals surface area (Å²) in [5.41, 5.74) is 3.23. The molecule has 0 saturated carbocycles. The first-order valence-electron chi connectivity index (χ1n) is 9.95. The van der Waals surface area contributed by atoms with Gasteiger partial charge in [-0.25, -0.2) is 0 Å². The first-order chi connectivity index (χ1) is 14.3. The maximum atomic E-state index is 13.1. The molecule has 0 aliphatic carbocycles. The lowest BCUT2D eigenvalue weighted by molar-refractivity contribution is -0.114. The highest BCUT2D eigenvalue weighted by molar-refractivity contribution is 8.00. The predicted molar refractivity (Wildman–Crippen MR) is 124 cm³/mol. The Hall–Kier alpha value is -2.38. The molecule has 30 heavy (non-hydrogen) atoms. The van der Waals surface area contributed by atoms with Crippen LogP contribution in [-0.2, 0) is 23.7 Å². The van der Waals surface area contributed by atoms with Crippen molar-refractivity contribution in [2.45, 2.75) is 43.0 Å². The Kier molecular flexibility index (Phi) is 5.59. The van der Waals surface area contributed by atoms with Crippen molar-refractivity contribution in [2.24, 2.45) is 7.05 Å². The fourth-order valence-corrected chi connectivity index (χ4v) is 5.45. The van der Waals surface area contributed by atoms with Crippen molar-refractivity contribution in [1.82, 2.24) is 14.8 Å². The third kappa shape index (κ3) is 3.72. The summed E-state index contributed by atoms with van der Waals surface area (Å²) in [5.74, 6) is 0.996. The number of carbonyl (C=O) groups excluding carboxylic acids is 1. The van der Waals surface area contributed by atoms with Gasteiger partial charge >= 0.3 is 0 Å². The van der Waals surface area contributed by atoms with Gasteiger partial charge in [0.2, 0.25) is 0 Å². The molecule has 0 N–H and O–H groups in total. The number of allylic oxidation sites excluding steroid dienone is 2. The molecule has 4 rings (SSSR count). The molecular formula is C23H26N4OS2. The molecule has 1 aliphatic rings. The van der Waals surface area contributed by atoms with Crippen molar-refractivity contribution in [2.75, 3.05) is 11.9 Å². The Balaban J connectivity index is 1.50. The van der Waals surface area contributed by atoms with E-state index in [2.05, 4.69) is 58.6 Å². The largest absolute Gasteiger partial charge is 0.347 e. The maximum absolute atomic E-state index is 13.1. The lowest BCUT2D eigenvalue weighted by Gasteiger charge is -2.24. The van der Waals surface area contributed by atoms with E-state index < -0.39 is 0 Å². The monoisotopic (exact) mass is 438 g/mol. The Morgan fingerprint density at radius 3 is 2.67 bits per heavy atom. The van der Waals surface area contributed by atoms with Crippen molar-refractivity contribution in [3.63, 3.8) is 0 Å². The molecule has 0 amide bonds. The van der Waals surface area contributed by atoms with Crippen molar-refractivity contribution >= 4 is 34.6 Å². The summed E-state index contributed by atoms with van der Waals surface area (Å²) in [6, 6.07) is 12.5. The maximum Gasteiger partial charge on any atom is 0.191 e. The van der Waals surface area contributed by atoms with E-state index in [-0.39, 0.29) is 16.4 Å². The Morgan fingerprint density at radius 1 is 1.20 bits per heavy atom. The van der Waals surface area contributed by atoms with Crippen molar-refractivity contribution in [3.8, 4) is 0 Å². The second kappa shape index (κ2) is 8.04. The smallest absolute Gasteiger partial charge is 0.191 e. The summed E-state index contributed by atoms with van der Waals surface area (Å²) in [6.45, 7) is 6.28. The van der Waals surface area contributed by atoms with Crippen LogP contribution in [0, 0.1) is 0 Å². The van der Waals surface area contributed by atoms with Crippen molar-refractivity contribution < 1.29 is 4.79 Å². The number of fused-ring (bicyclic) bond motifs is 1. The summed E-state index contributed by atoms with van der Waals surface area (Å²) in [6.07, 6.45) is 2.56. The van der Waals surface area contributed by atoms with E-state index in [4.69, 9.17) is 0 Å². The molecule has 3 aromatic rings. The summed E-state index contributed by atoms with van der Waals surface area (Å²) in [4.78, 5) is 16.5. The predicted octanol–water partition coefficient (Wildman–Crippen LogP) is 4.83. The molecule has 0 saturated heterocycles. The van der Waals surface area contributed by atoms with Gasteiger partial charge in [-0.1, -0.05) is 49.9 Å². The van der Waals surface area contributed by atoms with Gasteiger partial charge in [-0.2, -0.15) is 0 Å². The molecule has 156 valence electrons.